The highest BCUT2D eigenvalue weighted by molar-refractivity contribution is 5.91. The third-order valence-electron chi connectivity index (χ3n) is 4.00. The average molecular weight is 299 g/mol. The van der Waals surface area contributed by atoms with E-state index in [-0.39, 0.29) is 5.91 Å². The van der Waals surface area contributed by atoms with Gasteiger partial charge in [0.15, 0.2) is 5.76 Å². The highest BCUT2D eigenvalue weighted by Gasteiger charge is 2.25. The Morgan fingerprint density at radius 3 is 2.86 bits per heavy atom. The molecule has 1 aliphatic rings. The first kappa shape index (κ1) is 14.9. The summed E-state index contributed by atoms with van der Waals surface area (Å²) in [4.78, 5) is 14.2. The number of hydrogen-bond acceptors (Lipinski definition) is 3. The van der Waals surface area contributed by atoms with Crippen molar-refractivity contribution in [3.8, 4) is 0 Å². The molecule has 2 aromatic rings. The van der Waals surface area contributed by atoms with Crippen LogP contribution < -0.4 is 0 Å². The molecule has 0 bridgehead atoms. The second-order valence-electron chi connectivity index (χ2n) is 5.74. The maximum absolute atomic E-state index is 12.3. The topological polar surface area (TPSA) is 42.7 Å². The molecular formula is C18H21NO3. The number of hydrogen-bond donors (Lipinski definition) is 0. The molecule has 0 saturated carbocycles. The van der Waals surface area contributed by atoms with E-state index in [0.717, 1.165) is 25.9 Å². The van der Waals surface area contributed by atoms with E-state index < -0.39 is 0 Å². The molecule has 0 spiro atoms. The Kier molecular flexibility index (Phi) is 4.91. The number of furan rings is 1. The summed E-state index contributed by atoms with van der Waals surface area (Å²) in [5, 5.41) is 0. The van der Waals surface area contributed by atoms with Crippen LogP contribution in [0.25, 0.3) is 0 Å². The van der Waals surface area contributed by atoms with E-state index in [1.165, 1.54) is 11.8 Å². The average Bonchev–Trinajstić information content (AvgIpc) is 3.10. The molecule has 2 heterocycles. The van der Waals surface area contributed by atoms with Gasteiger partial charge in [0.2, 0.25) is 0 Å². The second-order valence-corrected chi connectivity index (χ2v) is 5.74. The fraction of sp³-hybridized carbons (Fsp3) is 0.389. The molecule has 1 fully saturated rings. The molecule has 0 N–H and O–H groups in total. The van der Waals surface area contributed by atoms with Gasteiger partial charge in [0.1, 0.15) is 0 Å². The van der Waals surface area contributed by atoms with Gasteiger partial charge in [-0.25, -0.2) is 0 Å². The summed E-state index contributed by atoms with van der Waals surface area (Å²) in [5.74, 6) is 0.806. The zero-order valence-electron chi connectivity index (χ0n) is 12.6. The maximum atomic E-state index is 12.3. The molecule has 1 aromatic heterocycles. The summed E-state index contributed by atoms with van der Waals surface area (Å²) in [6.07, 6.45) is 3.67. The lowest BCUT2D eigenvalue weighted by Gasteiger charge is -2.32. The van der Waals surface area contributed by atoms with Crippen molar-refractivity contribution in [2.24, 2.45) is 5.92 Å². The molecule has 116 valence electrons. The summed E-state index contributed by atoms with van der Waals surface area (Å²) < 4.78 is 11.0. The molecule has 3 rings (SSSR count). The van der Waals surface area contributed by atoms with Crippen molar-refractivity contribution in [3.63, 3.8) is 0 Å². The summed E-state index contributed by atoms with van der Waals surface area (Å²) in [6, 6.07) is 13.6. The molecule has 1 aliphatic heterocycles. The number of carbonyl (C=O) groups is 1. The van der Waals surface area contributed by atoms with Crippen LogP contribution in [-0.4, -0.2) is 30.5 Å². The lowest BCUT2D eigenvalue weighted by molar-refractivity contribution is 0.0408. The highest BCUT2D eigenvalue weighted by atomic mass is 16.5. The predicted octanol–water partition coefficient (Wildman–Crippen LogP) is 3.35. The van der Waals surface area contributed by atoms with E-state index in [1.807, 2.05) is 23.1 Å². The molecule has 0 aliphatic carbocycles. The molecule has 1 aromatic carbocycles. The summed E-state index contributed by atoms with van der Waals surface area (Å²) in [5.41, 5.74) is 1.18. The molecule has 1 unspecified atom stereocenters. The van der Waals surface area contributed by atoms with E-state index in [2.05, 4.69) is 12.1 Å². The predicted molar refractivity (Wildman–Crippen MR) is 83.4 cm³/mol. The van der Waals surface area contributed by atoms with Crippen molar-refractivity contribution < 1.29 is 13.9 Å². The Morgan fingerprint density at radius 2 is 2.09 bits per heavy atom. The van der Waals surface area contributed by atoms with E-state index in [9.17, 15) is 4.79 Å². The fourth-order valence-corrected chi connectivity index (χ4v) is 2.86. The summed E-state index contributed by atoms with van der Waals surface area (Å²) in [7, 11) is 0. The second kappa shape index (κ2) is 7.27. The van der Waals surface area contributed by atoms with Crippen molar-refractivity contribution >= 4 is 5.91 Å². The summed E-state index contributed by atoms with van der Waals surface area (Å²) in [6.45, 7) is 2.86. The minimum absolute atomic E-state index is 0.0160. The van der Waals surface area contributed by atoms with Crippen LogP contribution >= 0.6 is 0 Å². The van der Waals surface area contributed by atoms with Gasteiger partial charge in [0.05, 0.1) is 19.5 Å². The number of ether oxygens (including phenoxy) is 1. The first-order valence-electron chi connectivity index (χ1n) is 7.77. The van der Waals surface area contributed by atoms with Crippen LogP contribution in [0.5, 0.6) is 0 Å². The number of amides is 1. The third kappa shape index (κ3) is 3.77. The van der Waals surface area contributed by atoms with Gasteiger partial charge < -0.3 is 14.1 Å². The van der Waals surface area contributed by atoms with Gasteiger partial charge in [-0.3, -0.25) is 4.79 Å². The number of benzene rings is 1. The van der Waals surface area contributed by atoms with Crippen molar-refractivity contribution in [1.82, 2.24) is 4.90 Å². The van der Waals surface area contributed by atoms with Crippen molar-refractivity contribution in [2.45, 2.75) is 19.4 Å². The van der Waals surface area contributed by atoms with Gasteiger partial charge in [-0.2, -0.15) is 0 Å². The quantitative estimate of drug-likeness (QED) is 0.850. The molecule has 22 heavy (non-hydrogen) atoms. The van der Waals surface area contributed by atoms with Crippen LogP contribution in [0, 0.1) is 5.92 Å². The Bertz CT molecular complexity index is 580. The van der Waals surface area contributed by atoms with Crippen LogP contribution in [0.15, 0.2) is 53.1 Å². The van der Waals surface area contributed by atoms with Gasteiger partial charge >= 0.3 is 0 Å². The van der Waals surface area contributed by atoms with E-state index in [0.29, 0.717) is 24.9 Å². The molecular weight excluding hydrogens is 278 g/mol. The largest absolute Gasteiger partial charge is 0.459 e. The molecule has 1 amide bonds. The van der Waals surface area contributed by atoms with Crippen molar-refractivity contribution in [1.29, 1.82) is 0 Å². The number of carbonyl (C=O) groups excluding carboxylic acids is 1. The standard InChI is InChI=1S/C18H21NO3/c20-18(17-9-5-11-22-17)19-10-4-8-16(12-19)14-21-13-15-6-2-1-3-7-15/h1-3,5-7,9,11,16H,4,8,10,12-14H2. The van der Waals surface area contributed by atoms with Crippen molar-refractivity contribution in [2.75, 3.05) is 19.7 Å². The minimum Gasteiger partial charge on any atom is -0.459 e. The Morgan fingerprint density at radius 1 is 1.23 bits per heavy atom. The van der Waals surface area contributed by atoms with Crippen LogP contribution in [-0.2, 0) is 11.3 Å². The molecule has 0 radical (unpaired) electrons. The highest BCUT2D eigenvalue weighted by Crippen LogP contribution is 2.19. The van der Waals surface area contributed by atoms with Gasteiger partial charge in [-0.15, -0.1) is 0 Å². The SMILES string of the molecule is O=C(c1ccco1)N1CCCC(COCc2ccccc2)C1. The molecule has 4 heteroatoms. The van der Waals surface area contributed by atoms with Gasteiger partial charge in [-0.05, 0) is 36.5 Å². The monoisotopic (exact) mass is 299 g/mol. The first-order valence-corrected chi connectivity index (χ1v) is 7.77. The third-order valence-corrected chi connectivity index (χ3v) is 4.00. The van der Waals surface area contributed by atoms with E-state index in [4.69, 9.17) is 9.15 Å². The van der Waals surface area contributed by atoms with Gasteiger partial charge in [-0.1, -0.05) is 30.3 Å². The molecule has 1 atom stereocenters. The Balaban J connectivity index is 1.47. The minimum atomic E-state index is -0.0160. The summed E-state index contributed by atoms with van der Waals surface area (Å²) >= 11 is 0. The number of nitrogens with zero attached hydrogens (tertiary/aromatic N) is 1. The van der Waals surface area contributed by atoms with E-state index in [1.54, 1.807) is 12.1 Å². The zero-order chi connectivity index (χ0) is 15.2. The lowest BCUT2D eigenvalue weighted by Crippen LogP contribution is -2.41. The first-order chi connectivity index (χ1) is 10.8. The van der Waals surface area contributed by atoms with Crippen LogP contribution in [0.1, 0.15) is 29.0 Å². The Hall–Kier alpha value is -2.07. The van der Waals surface area contributed by atoms with Crippen LogP contribution in [0.2, 0.25) is 0 Å². The van der Waals surface area contributed by atoms with Gasteiger partial charge in [0.25, 0.3) is 5.91 Å². The normalized spacial score (nSPS) is 18.4. The number of piperidine rings is 1. The molecule has 4 nitrogen and oxygen atoms in total. The van der Waals surface area contributed by atoms with E-state index >= 15 is 0 Å². The van der Waals surface area contributed by atoms with Crippen molar-refractivity contribution in [3.05, 3.63) is 60.1 Å². The fourth-order valence-electron chi connectivity index (χ4n) is 2.86. The maximum Gasteiger partial charge on any atom is 0.289 e. The molecule has 1 saturated heterocycles. The van der Waals surface area contributed by atoms with Crippen LogP contribution in [0.4, 0.5) is 0 Å². The van der Waals surface area contributed by atoms with Crippen LogP contribution in [0.3, 0.4) is 0 Å². The number of rotatable bonds is 5. The van der Waals surface area contributed by atoms with Gasteiger partial charge in [0, 0.05) is 13.1 Å². The number of likely N-dealkylation sites (tertiary alicyclic amines) is 1. The Labute approximate surface area is 130 Å². The lowest BCUT2D eigenvalue weighted by atomic mass is 9.99. The smallest absolute Gasteiger partial charge is 0.289 e. The zero-order valence-corrected chi connectivity index (χ0v) is 12.6.